The summed E-state index contributed by atoms with van der Waals surface area (Å²) in [5.74, 6) is 1.08. The summed E-state index contributed by atoms with van der Waals surface area (Å²) in [5.41, 5.74) is 0.732. The first-order chi connectivity index (χ1) is 12.5. The number of amides is 1. The Labute approximate surface area is 152 Å². The van der Waals surface area contributed by atoms with Gasteiger partial charge >= 0.3 is 0 Å². The van der Waals surface area contributed by atoms with Crippen LogP contribution in [0.1, 0.15) is 26.5 Å². The number of hydrogen-bond donors (Lipinski definition) is 0. The lowest BCUT2D eigenvalue weighted by molar-refractivity contribution is -0.135. The molecule has 2 heterocycles. The highest BCUT2D eigenvalue weighted by atomic mass is 16.3. The number of furan rings is 1. The van der Waals surface area contributed by atoms with Crippen molar-refractivity contribution < 1.29 is 9.21 Å². The molecule has 0 saturated carbocycles. The van der Waals surface area contributed by atoms with Gasteiger partial charge in [0.05, 0.1) is 18.3 Å². The lowest BCUT2D eigenvalue weighted by Crippen LogP contribution is -2.42. The fourth-order valence-electron chi connectivity index (χ4n) is 3.02. The Morgan fingerprint density at radius 1 is 1.12 bits per heavy atom. The van der Waals surface area contributed by atoms with Gasteiger partial charge in [0.2, 0.25) is 5.91 Å². The first kappa shape index (κ1) is 18.0. The van der Waals surface area contributed by atoms with Crippen LogP contribution in [0.4, 0.5) is 0 Å². The SMILES string of the molecule is CC(C)[C@H](C)N(Cc1ccco1)C(=O)Cn1ccc(=O)c2ccccc21. The number of pyridine rings is 1. The van der Waals surface area contributed by atoms with Crippen molar-refractivity contribution in [1.82, 2.24) is 9.47 Å². The molecule has 0 saturated heterocycles. The Balaban J connectivity index is 1.90. The molecule has 0 aliphatic rings. The highest BCUT2D eigenvalue weighted by Gasteiger charge is 2.24. The molecule has 136 valence electrons. The summed E-state index contributed by atoms with van der Waals surface area (Å²) in [4.78, 5) is 27.0. The summed E-state index contributed by atoms with van der Waals surface area (Å²) in [6, 6.07) is 12.6. The monoisotopic (exact) mass is 352 g/mol. The van der Waals surface area contributed by atoms with Crippen molar-refractivity contribution in [3.8, 4) is 0 Å². The van der Waals surface area contributed by atoms with Crippen LogP contribution in [0, 0.1) is 5.92 Å². The molecule has 0 fully saturated rings. The van der Waals surface area contributed by atoms with Crippen LogP contribution in [-0.2, 0) is 17.9 Å². The number of fused-ring (bicyclic) bond motifs is 1. The molecule has 0 spiro atoms. The molecule has 1 amide bonds. The van der Waals surface area contributed by atoms with Crippen LogP contribution in [0.3, 0.4) is 0 Å². The number of carbonyl (C=O) groups is 1. The van der Waals surface area contributed by atoms with E-state index in [9.17, 15) is 9.59 Å². The molecule has 5 nitrogen and oxygen atoms in total. The molecule has 3 aromatic rings. The second kappa shape index (κ2) is 7.60. The Morgan fingerprint density at radius 2 is 1.88 bits per heavy atom. The third kappa shape index (κ3) is 3.72. The Bertz CT molecular complexity index is 941. The van der Waals surface area contributed by atoms with Crippen molar-refractivity contribution >= 4 is 16.8 Å². The summed E-state index contributed by atoms with van der Waals surface area (Å²) >= 11 is 0. The number of hydrogen-bond acceptors (Lipinski definition) is 3. The molecular weight excluding hydrogens is 328 g/mol. The quantitative estimate of drug-likeness (QED) is 0.680. The molecular formula is C21H24N2O3. The van der Waals surface area contributed by atoms with Gasteiger partial charge in [-0.1, -0.05) is 26.0 Å². The number of para-hydroxylation sites is 1. The zero-order valence-electron chi connectivity index (χ0n) is 15.4. The van der Waals surface area contributed by atoms with Crippen LogP contribution >= 0.6 is 0 Å². The van der Waals surface area contributed by atoms with Crippen LogP contribution in [0.2, 0.25) is 0 Å². The number of nitrogens with zero attached hydrogens (tertiary/aromatic N) is 2. The topological polar surface area (TPSA) is 55.5 Å². The Kier molecular flexibility index (Phi) is 5.26. The minimum atomic E-state index is -0.0349. The fraction of sp³-hybridized carbons (Fsp3) is 0.333. The number of aromatic nitrogens is 1. The molecule has 0 unspecified atom stereocenters. The molecule has 0 radical (unpaired) electrons. The number of benzene rings is 1. The molecule has 0 aliphatic heterocycles. The third-order valence-electron chi connectivity index (χ3n) is 4.87. The smallest absolute Gasteiger partial charge is 0.243 e. The highest BCUT2D eigenvalue weighted by molar-refractivity contribution is 5.82. The number of rotatable bonds is 6. The van der Waals surface area contributed by atoms with Crippen LogP contribution in [-0.4, -0.2) is 21.4 Å². The molecule has 0 bridgehead atoms. The average Bonchev–Trinajstić information content (AvgIpc) is 3.15. The fourth-order valence-corrected chi connectivity index (χ4v) is 3.02. The predicted molar refractivity (Wildman–Crippen MR) is 102 cm³/mol. The van der Waals surface area contributed by atoms with E-state index in [2.05, 4.69) is 20.8 Å². The minimum Gasteiger partial charge on any atom is -0.467 e. The van der Waals surface area contributed by atoms with Crippen molar-refractivity contribution in [3.63, 3.8) is 0 Å². The van der Waals surface area contributed by atoms with E-state index in [1.165, 1.54) is 6.07 Å². The zero-order valence-corrected chi connectivity index (χ0v) is 15.4. The van der Waals surface area contributed by atoms with E-state index < -0.39 is 0 Å². The van der Waals surface area contributed by atoms with Crippen molar-refractivity contribution in [2.45, 2.75) is 39.9 Å². The maximum absolute atomic E-state index is 13.1. The molecule has 2 aromatic heterocycles. The van der Waals surface area contributed by atoms with Crippen LogP contribution < -0.4 is 5.43 Å². The molecule has 0 aliphatic carbocycles. The summed E-state index contributed by atoms with van der Waals surface area (Å²) in [6.45, 7) is 6.86. The van der Waals surface area contributed by atoms with Gasteiger partial charge in [-0.15, -0.1) is 0 Å². The molecule has 1 atom stereocenters. The summed E-state index contributed by atoms with van der Waals surface area (Å²) < 4.78 is 7.27. The maximum Gasteiger partial charge on any atom is 0.243 e. The van der Waals surface area contributed by atoms with E-state index in [-0.39, 0.29) is 23.9 Å². The third-order valence-corrected chi connectivity index (χ3v) is 4.87. The van der Waals surface area contributed by atoms with Crippen molar-refractivity contribution in [3.05, 3.63) is 70.9 Å². The zero-order chi connectivity index (χ0) is 18.7. The van der Waals surface area contributed by atoms with E-state index >= 15 is 0 Å². The lowest BCUT2D eigenvalue weighted by Gasteiger charge is -2.31. The van der Waals surface area contributed by atoms with Gasteiger partial charge in [0.25, 0.3) is 0 Å². The summed E-state index contributed by atoms with van der Waals surface area (Å²) in [6.07, 6.45) is 3.31. The average molecular weight is 352 g/mol. The molecule has 3 rings (SSSR count). The van der Waals surface area contributed by atoms with E-state index in [0.717, 1.165) is 11.3 Å². The Morgan fingerprint density at radius 3 is 2.58 bits per heavy atom. The van der Waals surface area contributed by atoms with Gasteiger partial charge in [0.1, 0.15) is 12.3 Å². The van der Waals surface area contributed by atoms with Gasteiger partial charge in [0.15, 0.2) is 5.43 Å². The largest absolute Gasteiger partial charge is 0.467 e. The molecule has 0 N–H and O–H groups in total. The van der Waals surface area contributed by atoms with Crippen LogP contribution in [0.25, 0.3) is 10.9 Å². The lowest BCUT2D eigenvalue weighted by atomic mass is 10.0. The van der Waals surface area contributed by atoms with E-state index in [4.69, 9.17) is 4.42 Å². The molecule has 5 heteroatoms. The highest BCUT2D eigenvalue weighted by Crippen LogP contribution is 2.17. The summed E-state index contributed by atoms with van der Waals surface area (Å²) in [5, 5.41) is 0.622. The number of carbonyl (C=O) groups excluding carboxylic acids is 1. The maximum atomic E-state index is 13.1. The van der Waals surface area contributed by atoms with E-state index in [1.807, 2.05) is 39.8 Å². The van der Waals surface area contributed by atoms with Gasteiger partial charge in [-0.25, -0.2) is 0 Å². The standard InChI is InChI=1S/C21H24N2O3/c1-15(2)16(3)23(13-17-7-6-12-26-17)21(25)14-22-11-10-20(24)18-8-4-5-9-19(18)22/h4-12,15-16H,13-14H2,1-3H3/t16-/m0/s1. The normalized spacial score (nSPS) is 12.5. The predicted octanol–water partition coefficient (Wildman–Crippen LogP) is 3.67. The van der Waals surface area contributed by atoms with Gasteiger partial charge in [-0.2, -0.15) is 0 Å². The second-order valence-corrected chi connectivity index (χ2v) is 6.91. The molecule has 1 aromatic carbocycles. The van der Waals surface area contributed by atoms with Gasteiger partial charge in [-0.05, 0) is 37.1 Å². The van der Waals surface area contributed by atoms with E-state index in [0.29, 0.717) is 17.8 Å². The second-order valence-electron chi connectivity index (χ2n) is 6.91. The first-order valence-electron chi connectivity index (χ1n) is 8.87. The minimum absolute atomic E-state index is 0.00333. The van der Waals surface area contributed by atoms with Crippen molar-refractivity contribution in [2.75, 3.05) is 0 Å². The van der Waals surface area contributed by atoms with Crippen LogP contribution in [0.15, 0.2) is 64.1 Å². The molecule has 26 heavy (non-hydrogen) atoms. The van der Waals surface area contributed by atoms with Crippen molar-refractivity contribution in [1.29, 1.82) is 0 Å². The first-order valence-corrected chi connectivity index (χ1v) is 8.87. The Hall–Kier alpha value is -2.82. The van der Waals surface area contributed by atoms with Crippen molar-refractivity contribution in [2.24, 2.45) is 5.92 Å². The van der Waals surface area contributed by atoms with Crippen LogP contribution in [0.5, 0.6) is 0 Å². The summed E-state index contributed by atoms with van der Waals surface area (Å²) in [7, 11) is 0. The van der Waals surface area contributed by atoms with Gasteiger partial charge in [-0.3, -0.25) is 9.59 Å². The van der Waals surface area contributed by atoms with Gasteiger partial charge < -0.3 is 13.9 Å². The van der Waals surface area contributed by atoms with E-state index in [1.54, 1.807) is 18.5 Å². The van der Waals surface area contributed by atoms with Gasteiger partial charge in [0, 0.05) is 23.7 Å².